The Morgan fingerprint density at radius 1 is 0.978 bits per heavy atom. The van der Waals surface area contributed by atoms with Crippen LogP contribution < -0.4 is 4.90 Å². The lowest BCUT2D eigenvalue weighted by Crippen LogP contribution is -2.55. The summed E-state index contributed by atoms with van der Waals surface area (Å²) < 4.78 is -1.23. The number of rotatable bonds is 12. The largest absolute Gasteiger partial charge is 0.396 e. The van der Waals surface area contributed by atoms with E-state index < -0.39 is 27.4 Å². The van der Waals surface area contributed by atoms with Crippen molar-refractivity contribution >= 4 is 45.9 Å². The SMILES string of the molecule is C=CCN(Cc1ccccc1)C(=O)[C@@H]1[C@H]2C(=O)N(CCCO)C(C(=O)N(CC=C)c3ccc4ccccc4c3)C23CC[C@@]1(C)S3. The molecule has 234 valence electrons. The molecule has 5 atom stereocenters. The summed E-state index contributed by atoms with van der Waals surface area (Å²) in [5, 5.41) is 11.9. The monoisotopic (exact) mass is 623 g/mol. The Balaban J connectivity index is 1.39. The molecule has 2 unspecified atom stereocenters. The standard InChI is InChI=1S/C37H41N3O4S/c1-4-20-38(25-26-12-7-6-8-13-26)33(42)30-31-34(43)40(22-11-23-41)32(37(31)19-18-36(30,3)45-37)35(44)39(21-5-2)29-17-16-27-14-9-10-15-28(27)24-29/h4-10,12-17,24,30-32,41H,1-2,11,18-23,25H2,3H3/t30-,31-,32?,36+,37?/m0/s1. The molecule has 3 aromatic rings. The molecule has 3 amide bonds. The van der Waals surface area contributed by atoms with Crippen molar-refractivity contribution < 1.29 is 19.5 Å². The van der Waals surface area contributed by atoms with Gasteiger partial charge in [0.05, 0.1) is 16.6 Å². The van der Waals surface area contributed by atoms with Crippen LogP contribution in [-0.2, 0) is 20.9 Å². The molecule has 2 bridgehead atoms. The normalized spacial score (nSPS) is 26.6. The summed E-state index contributed by atoms with van der Waals surface area (Å²) in [7, 11) is 0. The molecule has 1 N–H and O–H groups in total. The second-order valence-electron chi connectivity index (χ2n) is 12.6. The number of hydrogen-bond acceptors (Lipinski definition) is 5. The lowest BCUT2D eigenvalue weighted by molar-refractivity contribution is -0.145. The van der Waals surface area contributed by atoms with Crippen LogP contribution in [0.1, 0.15) is 31.7 Å². The maximum Gasteiger partial charge on any atom is 0.251 e. The van der Waals surface area contributed by atoms with Crippen LogP contribution in [0.25, 0.3) is 10.8 Å². The first-order chi connectivity index (χ1) is 21.8. The molecular formula is C37H41N3O4S. The highest BCUT2D eigenvalue weighted by Gasteiger charge is 2.77. The molecule has 3 aliphatic heterocycles. The Hall–Kier alpha value is -3.88. The van der Waals surface area contributed by atoms with Gasteiger partial charge in [-0.05, 0) is 54.7 Å². The van der Waals surface area contributed by atoms with Crippen LogP contribution in [0.2, 0.25) is 0 Å². The lowest BCUT2D eigenvalue weighted by atomic mass is 9.66. The van der Waals surface area contributed by atoms with Gasteiger partial charge in [-0.25, -0.2) is 0 Å². The molecule has 1 spiro atoms. The quantitative estimate of drug-likeness (QED) is 0.272. The summed E-state index contributed by atoms with van der Waals surface area (Å²) in [5.41, 5.74) is 1.75. The molecule has 6 rings (SSSR count). The third-order valence-electron chi connectivity index (χ3n) is 9.83. The van der Waals surface area contributed by atoms with Gasteiger partial charge in [-0.3, -0.25) is 14.4 Å². The predicted octanol–water partition coefficient (Wildman–Crippen LogP) is 5.44. The predicted molar refractivity (Wildman–Crippen MR) is 181 cm³/mol. The number of anilines is 1. The van der Waals surface area contributed by atoms with E-state index in [1.807, 2.05) is 72.8 Å². The summed E-state index contributed by atoms with van der Waals surface area (Å²) >= 11 is 1.67. The third-order valence-corrected chi connectivity index (χ3v) is 11.8. The van der Waals surface area contributed by atoms with Crippen molar-refractivity contribution in [2.24, 2.45) is 11.8 Å². The topological polar surface area (TPSA) is 81.2 Å². The van der Waals surface area contributed by atoms with Crippen LogP contribution in [0.15, 0.2) is 98.1 Å². The van der Waals surface area contributed by atoms with E-state index in [9.17, 15) is 19.5 Å². The highest BCUT2D eigenvalue weighted by Crippen LogP contribution is 2.71. The fourth-order valence-electron chi connectivity index (χ4n) is 7.90. The number of aliphatic hydroxyl groups excluding tert-OH is 1. The number of benzene rings is 3. The zero-order valence-corrected chi connectivity index (χ0v) is 26.6. The first kappa shape index (κ1) is 31.1. The van der Waals surface area contributed by atoms with Crippen LogP contribution in [0.5, 0.6) is 0 Å². The van der Waals surface area contributed by atoms with Gasteiger partial charge in [0.15, 0.2) is 0 Å². The zero-order chi connectivity index (χ0) is 31.8. The van der Waals surface area contributed by atoms with Gasteiger partial charge in [0.1, 0.15) is 6.04 Å². The molecular weight excluding hydrogens is 582 g/mol. The molecule has 0 saturated carbocycles. The Morgan fingerprint density at radius 2 is 1.69 bits per heavy atom. The maximum absolute atomic E-state index is 14.9. The average molecular weight is 624 g/mol. The van der Waals surface area contributed by atoms with Crippen molar-refractivity contribution in [3.63, 3.8) is 0 Å². The van der Waals surface area contributed by atoms with Crippen molar-refractivity contribution in [2.75, 3.05) is 31.1 Å². The van der Waals surface area contributed by atoms with Crippen LogP contribution in [0.4, 0.5) is 5.69 Å². The molecule has 3 saturated heterocycles. The third kappa shape index (κ3) is 5.28. The molecule has 0 aliphatic carbocycles. The van der Waals surface area contributed by atoms with Gasteiger partial charge in [0.2, 0.25) is 11.8 Å². The molecule has 7 nitrogen and oxygen atoms in total. The van der Waals surface area contributed by atoms with Crippen molar-refractivity contribution in [1.82, 2.24) is 9.80 Å². The van der Waals surface area contributed by atoms with Gasteiger partial charge in [-0.15, -0.1) is 24.9 Å². The van der Waals surface area contributed by atoms with Crippen molar-refractivity contribution in [1.29, 1.82) is 0 Å². The van der Waals surface area contributed by atoms with E-state index in [2.05, 4.69) is 20.1 Å². The van der Waals surface area contributed by atoms with E-state index in [0.717, 1.165) is 28.4 Å². The Kier molecular flexibility index (Phi) is 8.63. The number of carbonyl (C=O) groups excluding carboxylic acids is 3. The summed E-state index contributed by atoms with van der Waals surface area (Å²) in [6.07, 6.45) is 5.19. The molecule has 3 aliphatic rings. The minimum atomic E-state index is -0.764. The summed E-state index contributed by atoms with van der Waals surface area (Å²) in [6.45, 7) is 11.2. The molecule has 0 radical (unpaired) electrons. The van der Waals surface area contributed by atoms with Crippen LogP contribution >= 0.6 is 11.8 Å². The van der Waals surface area contributed by atoms with E-state index in [-0.39, 0.29) is 37.4 Å². The Bertz CT molecular complexity index is 1630. The number of hydrogen-bond donors (Lipinski definition) is 1. The number of thioether (sulfide) groups is 1. The fourth-order valence-corrected chi connectivity index (χ4v) is 10.2. The second kappa shape index (κ2) is 12.5. The van der Waals surface area contributed by atoms with Gasteiger partial charge < -0.3 is 19.8 Å². The van der Waals surface area contributed by atoms with E-state index in [1.165, 1.54) is 0 Å². The van der Waals surface area contributed by atoms with Gasteiger partial charge in [0, 0.05) is 43.2 Å². The van der Waals surface area contributed by atoms with Gasteiger partial charge in [0.25, 0.3) is 5.91 Å². The lowest BCUT2D eigenvalue weighted by Gasteiger charge is -2.38. The van der Waals surface area contributed by atoms with Crippen LogP contribution in [-0.4, -0.2) is 74.4 Å². The maximum atomic E-state index is 14.9. The average Bonchev–Trinajstić information content (AvgIpc) is 3.62. The van der Waals surface area contributed by atoms with Crippen molar-refractivity contribution in [3.8, 4) is 0 Å². The van der Waals surface area contributed by atoms with Crippen molar-refractivity contribution in [3.05, 3.63) is 104 Å². The van der Waals surface area contributed by atoms with E-state index in [1.54, 1.807) is 38.6 Å². The van der Waals surface area contributed by atoms with Crippen LogP contribution in [0.3, 0.4) is 0 Å². The summed E-state index contributed by atoms with van der Waals surface area (Å²) in [4.78, 5) is 49.1. The van der Waals surface area contributed by atoms with Gasteiger partial charge >= 0.3 is 0 Å². The summed E-state index contributed by atoms with van der Waals surface area (Å²) in [6, 6.07) is 23.0. The number of carbonyl (C=O) groups is 3. The Labute approximate surface area is 269 Å². The van der Waals surface area contributed by atoms with Gasteiger partial charge in [-0.2, -0.15) is 0 Å². The van der Waals surface area contributed by atoms with Crippen LogP contribution in [0, 0.1) is 11.8 Å². The number of fused-ring (bicyclic) bond motifs is 2. The summed E-state index contributed by atoms with van der Waals surface area (Å²) in [5.74, 6) is -1.61. The first-order valence-electron chi connectivity index (χ1n) is 15.7. The molecule has 0 aromatic heterocycles. The highest BCUT2D eigenvalue weighted by atomic mass is 32.2. The van der Waals surface area contributed by atoms with E-state index >= 15 is 0 Å². The fraction of sp³-hybridized carbons (Fsp3) is 0.378. The number of amides is 3. The minimum absolute atomic E-state index is 0.0682. The van der Waals surface area contributed by atoms with Gasteiger partial charge in [-0.1, -0.05) is 72.8 Å². The number of aliphatic hydroxyl groups is 1. The van der Waals surface area contributed by atoms with Crippen molar-refractivity contribution in [2.45, 2.75) is 48.3 Å². The number of nitrogens with zero attached hydrogens (tertiary/aromatic N) is 3. The molecule has 8 heteroatoms. The second-order valence-corrected chi connectivity index (χ2v) is 14.5. The smallest absolute Gasteiger partial charge is 0.251 e. The number of likely N-dealkylation sites (tertiary alicyclic amines) is 1. The minimum Gasteiger partial charge on any atom is -0.396 e. The molecule has 3 heterocycles. The molecule has 3 fully saturated rings. The zero-order valence-electron chi connectivity index (χ0n) is 25.8. The Morgan fingerprint density at radius 3 is 2.40 bits per heavy atom. The van der Waals surface area contributed by atoms with E-state index in [4.69, 9.17) is 0 Å². The highest BCUT2D eigenvalue weighted by molar-refractivity contribution is 8.02. The molecule has 3 aromatic carbocycles. The first-order valence-corrected chi connectivity index (χ1v) is 16.6. The van der Waals surface area contributed by atoms with E-state index in [0.29, 0.717) is 25.9 Å². The molecule has 45 heavy (non-hydrogen) atoms.